The number of nitrogens with one attached hydrogen (secondary N) is 1. The van der Waals surface area contributed by atoms with Gasteiger partial charge in [0, 0.05) is 12.1 Å². The summed E-state index contributed by atoms with van der Waals surface area (Å²) in [6.45, 7) is 7.60. The molecule has 7 unspecified atom stereocenters. The van der Waals surface area contributed by atoms with E-state index >= 15 is 4.39 Å². The molecular formula is C21H35FN5O5P. The summed E-state index contributed by atoms with van der Waals surface area (Å²) in [5.41, 5.74) is 5.32. The number of ether oxygens (including phenoxy) is 1. The van der Waals surface area contributed by atoms with E-state index < -0.39 is 43.7 Å². The fourth-order valence-electron chi connectivity index (χ4n) is 4.77. The maximum Gasteiger partial charge on any atom is 0.328 e. The van der Waals surface area contributed by atoms with Gasteiger partial charge in [0.1, 0.15) is 0 Å². The summed E-state index contributed by atoms with van der Waals surface area (Å²) in [5, 5.41) is 0. The van der Waals surface area contributed by atoms with Gasteiger partial charge in [0.25, 0.3) is 5.56 Å². The first-order valence-electron chi connectivity index (χ1n) is 11.7. The number of fused-ring (bicyclic) bond motifs is 1. The average Bonchev–Trinajstić information content (AvgIpc) is 3.31. The quantitative estimate of drug-likeness (QED) is 0.406. The second-order valence-electron chi connectivity index (χ2n) is 8.77. The van der Waals surface area contributed by atoms with Crippen LogP contribution in [0.5, 0.6) is 0 Å². The van der Waals surface area contributed by atoms with Crippen LogP contribution in [0.1, 0.15) is 66.0 Å². The topological polar surface area (TPSA) is 145 Å². The van der Waals surface area contributed by atoms with Gasteiger partial charge in [0.05, 0.1) is 18.5 Å². The molecule has 2 aromatic heterocycles. The van der Waals surface area contributed by atoms with E-state index in [1.54, 1.807) is 6.92 Å². The minimum atomic E-state index is -3.85. The molecule has 3 heterocycles. The lowest BCUT2D eigenvalue weighted by Gasteiger charge is -2.31. The summed E-state index contributed by atoms with van der Waals surface area (Å²) >= 11 is 0. The minimum absolute atomic E-state index is 0.0176. The van der Waals surface area contributed by atoms with Crippen LogP contribution in [0.4, 0.5) is 10.3 Å². The van der Waals surface area contributed by atoms with E-state index in [0.29, 0.717) is 6.42 Å². The number of nitrogen functional groups attached to an aromatic ring is 1. The Morgan fingerprint density at radius 3 is 2.76 bits per heavy atom. The lowest BCUT2D eigenvalue weighted by molar-refractivity contribution is -0.0647. The van der Waals surface area contributed by atoms with E-state index in [2.05, 4.69) is 15.0 Å². The van der Waals surface area contributed by atoms with Gasteiger partial charge in [0.2, 0.25) is 5.95 Å². The number of H-pyrrole nitrogens is 1. The third kappa shape index (κ3) is 5.48. The number of halogens is 1. The molecule has 4 N–H and O–H groups in total. The van der Waals surface area contributed by atoms with Gasteiger partial charge in [-0.3, -0.25) is 18.9 Å². The number of imidazole rings is 1. The van der Waals surface area contributed by atoms with E-state index in [4.69, 9.17) is 15.0 Å². The smallest absolute Gasteiger partial charge is 0.328 e. The first kappa shape index (κ1) is 25.8. The Bertz CT molecular complexity index is 1050. The molecule has 0 bridgehead atoms. The predicted octanol–water partition coefficient (Wildman–Crippen LogP) is 3.77. The van der Waals surface area contributed by atoms with Gasteiger partial charge in [0.15, 0.2) is 23.6 Å². The van der Waals surface area contributed by atoms with Gasteiger partial charge >= 0.3 is 7.60 Å². The molecule has 0 aromatic carbocycles. The highest BCUT2D eigenvalue weighted by Gasteiger charge is 2.52. The monoisotopic (exact) mass is 487 g/mol. The van der Waals surface area contributed by atoms with Gasteiger partial charge in [-0.15, -0.1) is 0 Å². The number of hydrogen-bond acceptors (Lipinski definition) is 7. The molecule has 0 aliphatic carbocycles. The van der Waals surface area contributed by atoms with Crippen molar-refractivity contribution in [2.24, 2.45) is 11.8 Å². The van der Waals surface area contributed by atoms with Gasteiger partial charge in [-0.2, -0.15) is 4.98 Å². The molecule has 0 spiro atoms. The summed E-state index contributed by atoms with van der Waals surface area (Å²) in [7, 11) is -3.85. The van der Waals surface area contributed by atoms with Crippen molar-refractivity contribution in [3.05, 3.63) is 16.7 Å². The van der Waals surface area contributed by atoms with Crippen molar-refractivity contribution in [2.75, 3.05) is 11.9 Å². The zero-order chi connectivity index (χ0) is 24.3. The number of aromatic nitrogens is 4. The minimum Gasteiger partial charge on any atom is -0.369 e. The number of rotatable bonds is 11. The Kier molecular flexibility index (Phi) is 8.31. The molecule has 0 amide bonds. The highest BCUT2D eigenvalue weighted by Crippen LogP contribution is 2.50. The Morgan fingerprint density at radius 1 is 1.39 bits per heavy atom. The second-order valence-corrected chi connectivity index (χ2v) is 10.7. The number of nitrogens with zero attached hydrogens (tertiary/aromatic N) is 3. The normalized spacial score (nSPS) is 27.0. The lowest BCUT2D eigenvalue weighted by Crippen LogP contribution is -2.37. The third-order valence-electron chi connectivity index (χ3n) is 6.36. The number of aromatic amines is 1. The number of anilines is 1. The summed E-state index contributed by atoms with van der Waals surface area (Å²) in [6.07, 6.45) is 0.875. The van der Waals surface area contributed by atoms with E-state index in [-0.39, 0.29) is 29.2 Å². The Balaban J connectivity index is 1.97. The van der Waals surface area contributed by atoms with Crippen molar-refractivity contribution < 1.29 is 23.1 Å². The molecule has 1 saturated heterocycles. The molecule has 2 aromatic rings. The Hall–Kier alpha value is -1.81. The van der Waals surface area contributed by atoms with Crippen LogP contribution in [0.3, 0.4) is 0 Å². The van der Waals surface area contributed by atoms with E-state index in [1.165, 1.54) is 10.9 Å². The Morgan fingerprint density at radius 2 is 2.12 bits per heavy atom. The number of hydrogen-bond donors (Lipinski definition) is 3. The second kappa shape index (κ2) is 10.6. The summed E-state index contributed by atoms with van der Waals surface area (Å²) in [6, 6.07) is 0. The average molecular weight is 488 g/mol. The molecule has 3 rings (SSSR count). The lowest BCUT2D eigenvalue weighted by atomic mass is 9.79. The molecule has 10 nitrogen and oxygen atoms in total. The van der Waals surface area contributed by atoms with Crippen LogP contribution < -0.4 is 11.3 Å². The molecule has 33 heavy (non-hydrogen) atoms. The first-order valence-corrected chi connectivity index (χ1v) is 13.4. The van der Waals surface area contributed by atoms with Crippen LogP contribution in [0.25, 0.3) is 11.2 Å². The van der Waals surface area contributed by atoms with Crippen LogP contribution >= 0.6 is 7.60 Å². The Labute approximate surface area is 192 Å². The van der Waals surface area contributed by atoms with Crippen LogP contribution in [0, 0.1) is 11.8 Å². The summed E-state index contributed by atoms with van der Waals surface area (Å²) in [4.78, 5) is 33.0. The molecule has 12 heteroatoms. The van der Waals surface area contributed by atoms with Crippen LogP contribution in [0.15, 0.2) is 11.1 Å². The molecule has 1 aliphatic rings. The largest absolute Gasteiger partial charge is 0.369 e. The van der Waals surface area contributed by atoms with Crippen molar-refractivity contribution in [1.82, 2.24) is 19.5 Å². The summed E-state index contributed by atoms with van der Waals surface area (Å²) < 4.78 is 41.7. The highest BCUT2D eigenvalue weighted by molar-refractivity contribution is 7.52. The van der Waals surface area contributed by atoms with Gasteiger partial charge in [-0.05, 0) is 19.3 Å². The molecule has 1 fully saturated rings. The van der Waals surface area contributed by atoms with Crippen molar-refractivity contribution in [1.29, 1.82) is 0 Å². The predicted molar refractivity (Wildman–Crippen MR) is 124 cm³/mol. The van der Waals surface area contributed by atoms with Crippen molar-refractivity contribution in [3.8, 4) is 0 Å². The summed E-state index contributed by atoms with van der Waals surface area (Å²) in [5.74, 6) is -0.698. The maximum absolute atomic E-state index is 16.0. The van der Waals surface area contributed by atoms with Gasteiger partial charge in [-0.25, -0.2) is 9.37 Å². The van der Waals surface area contributed by atoms with Gasteiger partial charge < -0.3 is 19.9 Å². The molecule has 7 atom stereocenters. The molecular weight excluding hydrogens is 452 g/mol. The maximum atomic E-state index is 16.0. The molecule has 0 radical (unpaired) electrons. The third-order valence-corrected chi connectivity index (χ3v) is 7.90. The molecule has 0 saturated carbocycles. The number of unbranched alkanes of at least 4 members (excludes halogenated alkanes) is 1. The van der Waals surface area contributed by atoms with E-state index in [1.807, 2.05) is 20.8 Å². The standard InChI is InChI=1S/C21H35FN5O5P/c1-5-8-10-33(29,30)32-12(4)17-14(13(7-3)9-6-2)15(22)20(31-17)27-11-24-16-18(27)25-21(23)26-19(16)28/h11-15,17,20H,5-10H2,1-4H3,(H,29,30)(H3,23,25,26,28). The van der Waals surface area contributed by atoms with Crippen LogP contribution in [-0.4, -0.2) is 49.0 Å². The van der Waals surface area contributed by atoms with E-state index in [0.717, 1.165) is 25.7 Å². The fraction of sp³-hybridized carbons (Fsp3) is 0.762. The SMILES string of the molecule is CCCCP(=O)(O)OC(C)C1OC(n2cnc3c(=O)[nH]c(N)nc32)C(F)C1C(CC)CCC. The van der Waals surface area contributed by atoms with Crippen molar-refractivity contribution in [2.45, 2.75) is 84.4 Å². The molecule has 1 aliphatic heterocycles. The fourth-order valence-corrected chi connectivity index (χ4v) is 6.23. The number of alkyl halides is 1. The number of nitrogens with two attached hydrogens (primary N) is 1. The molecule has 186 valence electrons. The first-order chi connectivity index (χ1) is 15.6. The van der Waals surface area contributed by atoms with Crippen molar-refractivity contribution in [3.63, 3.8) is 0 Å². The zero-order valence-corrected chi connectivity index (χ0v) is 20.5. The van der Waals surface area contributed by atoms with Crippen molar-refractivity contribution >= 4 is 24.7 Å². The van der Waals surface area contributed by atoms with Crippen LogP contribution in [-0.2, 0) is 13.8 Å². The highest BCUT2D eigenvalue weighted by atomic mass is 31.2. The van der Waals surface area contributed by atoms with Crippen LogP contribution in [0.2, 0.25) is 0 Å². The van der Waals surface area contributed by atoms with E-state index in [9.17, 15) is 14.3 Å². The zero-order valence-electron chi connectivity index (χ0n) is 19.6. The van der Waals surface area contributed by atoms with Gasteiger partial charge in [-0.1, -0.05) is 46.5 Å².